The minimum atomic E-state index is -0.520. The number of hydrogen-bond donors (Lipinski definition) is 5. The molecule has 51 heavy (non-hydrogen) atoms. The molecule has 3 aromatic heterocycles. The van der Waals surface area contributed by atoms with E-state index in [0.717, 1.165) is 5.96 Å². The highest BCUT2D eigenvalue weighted by Crippen LogP contribution is 2.22. The van der Waals surface area contributed by atoms with Crippen LogP contribution < -0.4 is 27.4 Å². The van der Waals surface area contributed by atoms with Crippen molar-refractivity contribution in [3.05, 3.63) is 65.7 Å². The first-order valence-electron chi connectivity index (χ1n) is 16.7. The number of nitrogens with two attached hydrogens (primary N) is 2. The molecule has 0 saturated heterocycles. The van der Waals surface area contributed by atoms with E-state index in [-0.39, 0.29) is 12.1 Å². The van der Waals surface area contributed by atoms with E-state index in [1.54, 1.807) is 34.0 Å². The Bertz CT molecular complexity index is 1880. The van der Waals surface area contributed by atoms with Gasteiger partial charge < -0.3 is 31.1 Å². The van der Waals surface area contributed by atoms with Crippen LogP contribution >= 0.6 is 34.0 Å². The van der Waals surface area contributed by atoms with Crippen molar-refractivity contribution < 1.29 is 0 Å². The maximum absolute atomic E-state index is 6.50. The van der Waals surface area contributed by atoms with Gasteiger partial charge in [0.1, 0.15) is 6.17 Å². The standard InChI is InChI=1S/C33H47N15S3/c1-19-23(8-11-49-19)14-46(7)31-40-26(38-28(34)42-31)17-48(16-25-10-13-51-21(25)3)33-41-27(39-29(35)43-33)18-47(15-24-9-12-50-20(24)2)32-37-22(4)36-30(44-32)45(5)6/h8-13,22,26-27H,14-18H2,1-7H3,(H,36,37,44)(H3,34,38,40,42)(H3,35,39,41,43). The Labute approximate surface area is 311 Å². The van der Waals surface area contributed by atoms with E-state index in [1.165, 1.54) is 31.3 Å². The zero-order valence-electron chi connectivity index (χ0n) is 30.1. The molecule has 15 nitrogen and oxygen atoms in total. The fraction of sp³-hybridized carbons (Fsp3) is 0.455. The SMILES string of the molecule is Cc1sccc1CN(C)C1=NC(CN(Cc2ccsc2C)C2=NC(CN(Cc3ccsc3C)C3=NC(C)N=C(N(C)C)N3)N=C(N)N2)N=C(N)N1. The monoisotopic (exact) mass is 749 g/mol. The molecule has 18 heteroatoms. The topological polar surface area (TPSA) is 175 Å². The van der Waals surface area contributed by atoms with Crippen LogP contribution in [0.4, 0.5) is 0 Å². The summed E-state index contributed by atoms with van der Waals surface area (Å²) in [4.78, 5) is 41.2. The van der Waals surface area contributed by atoms with Gasteiger partial charge in [-0.1, -0.05) is 0 Å². The first-order chi connectivity index (χ1) is 24.4. The molecule has 0 saturated carbocycles. The number of aliphatic imine (C=N–C) groups is 6. The molecule has 3 atom stereocenters. The average Bonchev–Trinajstić information content (AvgIpc) is 3.80. The second-order valence-corrected chi connectivity index (χ2v) is 16.2. The van der Waals surface area contributed by atoms with Crippen LogP contribution in [-0.4, -0.2) is 108 Å². The van der Waals surface area contributed by atoms with Gasteiger partial charge in [-0.2, -0.15) is 0 Å². The third kappa shape index (κ3) is 8.98. The molecule has 0 spiro atoms. The predicted octanol–water partition coefficient (Wildman–Crippen LogP) is 2.66. The maximum Gasteiger partial charge on any atom is 0.203 e. The van der Waals surface area contributed by atoms with Gasteiger partial charge in [0, 0.05) is 55.4 Å². The Hall–Kier alpha value is -4.68. The van der Waals surface area contributed by atoms with Gasteiger partial charge in [-0.05, 0) is 78.7 Å². The second kappa shape index (κ2) is 15.7. The van der Waals surface area contributed by atoms with Crippen LogP contribution in [0.2, 0.25) is 0 Å². The van der Waals surface area contributed by atoms with Gasteiger partial charge in [0.25, 0.3) is 0 Å². The molecule has 272 valence electrons. The molecule has 0 aliphatic carbocycles. The summed E-state index contributed by atoms with van der Waals surface area (Å²) in [7, 11) is 5.92. The van der Waals surface area contributed by atoms with Crippen LogP contribution in [0.3, 0.4) is 0 Å². The number of guanidine groups is 6. The van der Waals surface area contributed by atoms with Crippen molar-refractivity contribution >= 4 is 69.8 Å². The Morgan fingerprint density at radius 3 is 1.49 bits per heavy atom. The maximum atomic E-state index is 6.50. The number of nitrogens with one attached hydrogen (secondary N) is 3. The van der Waals surface area contributed by atoms with Crippen LogP contribution in [-0.2, 0) is 19.6 Å². The Morgan fingerprint density at radius 2 is 1.02 bits per heavy atom. The van der Waals surface area contributed by atoms with E-state index in [0.29, 0.717) is 56.6 Å². The summed E-state index contributed by atoms with van der Waals surface area (Å²) in [6.07, 6.45) is -1.25. The van der Waals surface area contributed by atoms with Gasteiger partial charge >= 0.3 is 0 Å². The van der Waals surface area contributed by atoms with E-state index < -0.39 is 12.3 Å². The lowest BCUT2D eigenvalue weighted by Gasteiger charge is -2.35. The van der Waals surface area contributed by atoms with Gasteiger partial charge in [0.15, 0.2) is 24.3 Å². The van der Waals surface area contributed by atoms with Crippen molar-refractivity contribution in [2.24, 2.45) is 41.4 Å². The van der Waals surface area contributed by atoms with Crippen LogP contribution in [0.5, 0.6) is 0 Å². The quantitative estimate of drug-likeness (QED) is 0.209. The summed E-state index contributed by atoms with van der Waals surface area (Å²) >= 11 is 5.17. The molecule has 6 heterocycles. The Kier molecular flexibility index (Phi) is 11.1. The number of hydrogen-bond acceptors (Lipinski definition) is 18. The molecule has 6 rings (SSSR count). The second-order valence-electron chi connectivity index (χ2n) is 12.8. The van der Waals surface area contributed by atoms with E-state index in [1.807, 2.05) is 33.0 Å². The van der Waals surface area contributed by atoms with Crippen molar-refractivity contribution in [2.45, 2.75) is 65.8 Å². The number of rotatable bonds is 10. The lowest BCUT2D eigenvalue weighted by atomic mass is 10.2. The molecule has 0 fully saturated rings. The van der Waals surface area contributed by atoms with Gasteiger partial charge in [-0.25, -0.2) is 30.0 Å². The molecule has 7 N–H and O–H groups in total. The molecule has 0 bridgehead atoms. The number of aryl methyl sites for hydroxylation is 3. The van der Waals surface area contributed by atoms with Gasteiger partial charge in [-0.15, -0.1) is 34.0 Å². The van der Waals surface area contributed by atoms with Crippen molar-refractivity contribution in [3.63, 3.8) is 0 Å². The molecule has 3 unspecified atom stereocenters. The highest BCUT2D eigenvalue weighted by atomic mass is 32.1. The van der Waals surface area contributed by atoms with Crippen LogP contribution in [0, 0.1) is 20.8 Å². The van der Waals surface area contributed by atoms with Crippen LogP contribution in [0.1, 0.15) is 38.2 Å². The smallest absolute Gasteiger partial charge is 0.203 e. The minimum absolute atomic E-state index is 0.244. The minimum Gasteiger partial charge on any atom is -0.370 e. The van der Waals surface area contributed by atoms with Crippen molar-refractivity contribution in [1.29, 1.82) is 0 Å². The molecule has 3 aromatic rings. The Morgan fingerprint density at radius 1 is 0.588 bits per heavy atom. The van der Waals surface area contributed by atoms with Crippen LogP contribution in [0.15, 0.2) is 64.3 Å². The summed E-state index contributed by atoms with van der Waals surface area (Å²) in [5, 5.41) is 16.2. The molecule has 0 aromatic carbocycles. The third-order valence-electron chi connectivity index (χ3n) is 8.62. The zero-order valence-corrected chi connectivity index (χ0v) is 32.5. The first-order valence-corrected chi connectivity index (χ1v) is 19.3. The molecular formula is C33H47N15S3. The normalized spacial score (nSPS) is 20.0. The third-order valence-corrected chi connectivity index (χ3v) is 11.3. The number of thiophene rings is 3. The summed E-state index contributed by atoms with van der Waals surface area (Å²) in [5.74, 6) is 3.32. The first kappa shape index (κ1) is 36.1. The van der Waals surface area contributed by atoms with E-state index in [9.17, 15) is 0 Å². The highest BCUT2D eigenvalue weighted by Gasteiger charge is 2.29. The molecule has 3 aliphatic heterocycles. The molecular weight excluding hydrogens is 703 g/mol. The van der Waals surface area contributed by atoms with E-state index in [4.69, 9.17) is 31.4 Å². The van der Waals surface area contributed by atoms with E-state index >= 15 is 0 Å². The fourth-order valence-corrected chi connectivity index (χ4v) is 7.95. The number of nitrogens with zero attached hydrogens (tertiary/aromatic N) is 10. The van der Waals surface area contributed by atoms with Gasteiger partial charge in [0.05, 0.1) is 13.1 Å². The molecule has 0 radical (unpaired) electrons. The lowest BCUT2D eigenvalue weighted by Crippen LogP contribution is -2.55. The fourth-order valence-electron chi connectivity index (χ4n) is 5.79. The largest absolute Gasteiger partial charge is 0.370 e. The summed E-state index contributed by atoms with van der Waals surface area (Å²) < 4.78 is 0. The highest BCUT2D eigenvalue weighted by molar-refractivity contribution is 7.10. The predicted molar refractivity (Wildman–Crippen MR) is 213 cm³/mol. The van der Waals surface area contributed by atoms with Crippen molar-refractivity contribution in [3.8, 4) is 0 Å². The lowest BCUT2D eigenvalue weighted by molar-refractivity contribution is 0.346. The van der Waals surface area contributed by atoms with Gasteiger partial charge in [0.2, 0.25) is 23.8 Å². The van der Waals surface area contributed by atoms with E-state index in [2.05, 4.69) is 95.7 Å². The zero-order chi connectivity index (χ0) is 36.2. The van der Waals surface area contributed by atoms with Crippen molar-refractivity contribution in [1.82, 2.24) is 35.6 Å². The molecule has 3 aliphatic rings. The summed E-state index contributed by atoms with van der Waals surface area (Å²) in [6, 6.07) is 6.43. The summed E-state index contributed by atoms with van der Waals surface area (Å²) in [6.45, 7) is 11.1. The summed E-state index contributed by atoms with van der Waals surface area (Å²) in [5.41, 5.74) is 16.5. The average molecular weight is 750 g/mol. The molecule has 0 amide bonds. The Balaban J connectivity index is 1.28. The van der Waals surface area contributed by atoms with Crippen molar-refractivity contribution in [2.75, 3.05) is 34.2 Å². The van der Waals surface area contributed by atoms with Crippen LogP contribution in [0.25, 0.3) is 0 Å². The van der Waals surface area contributed by atoms with Gasteiger partial charge in [-0.3, -0.25) is 16.0 Å².